The predicted octanol–water partition coefficient (Wildman–Crippen LogP) is 5.71. The van der Waals surface area contributed by atoms with Gasteiger partial charge in [-0.1, -0.05) is 33.1 Å². The van der Waals surface area contributed by atoms with Gasteiger partial charge in [0.25, 0.3) is 0 Å². The van der Waals surface area contributed by atoms with Gasteiger partial charge >= 0.3 is 0 Å². The van der Waals surface area contributed by atoms with Gasteiger partial charge in [-0.3, -0.25) is 4.79 Å². The highest BCUT2D eigenvalue weighted by Crippen LogP contribution is 2.30. The highest BCUT2D eigenvalue weighted by Gasteiger charge is 2.19. The molecule has 0 aliphatic heterocycles. The van der Waals surface area contributed by atoms with Crippen LogP contribution in [0.4, 0.5) is 13.2 Å². The van der Waals surface area contributed by atoms with Crippen molar-refractivity contribution in [1.82, 2.24) is 0 Å². The second kappa shape index (κ2) is 11.3. The Bertz CT molecular complexity index is 762. The third-order valence-electron chi connectivity index (χ3n) is 3.25. The van der Waals surface area contributed by atoms with E-state index >= 15 is 0 Å². The number of hydrogen-bond donors (Lipinski definition) is 1. The standard InChI is InChI=1S/C20H21F3O3.C2H6/c1-6-18(24)12(2)7-8-15(21)13(3)19-16(22)9-14(10-17(19)23)26-11-20(4,5)25;1-2/h6-10,25H,1,3,11H2,2,4-5H3;1-2H3/b12-7+,15-8+;. The summed E-state index contributed by atoms with van der Waals surface area (Å²) in [6.07, 6.45) is 3.13. The van der Waals surface area contributed by atoms with E-state index in [-0.39, 0.29) is 17.9 Å². The summed E-state index contributed by atoms with van der Waals surface area (Å²) in [7, 11) is 0. The summed E-state index contributed by atoms with van der Waals surface area (Å²) in [6.45, 7) is 14.9. The largest absolute Gasteiger partial charge is 0.490 e. The van der Waals surface area contributed by atoms with E-state index in [1.807, 2.05) is 13.8 Å². The minimum Gasteiger partial charge on any atom is -0.490 e. The summed E-state index contributed by atoms with van der Waals surface area (Å²) in [5, 5.41) is 9.57. The van der Waals surface area contributed by atoms with Crippen molar-refractivity contribution in [1.29, 1.82) is 0 Å². The Morgan fingerprint density at radius 1 is 1.21 bits per heavy atom. The van der Waals surface area contributed by atoms with Gasteiger partial charge in [-0.05, 0) is 38.5 Å². The minimum absolute atomic E-state index is 0.143. The zero-order valence-corrected chi connectivity index (χ0v) is 16.9. The first kappa shape index (κ1) is 25.4. The molecule has 0 aromatic heterocycles. The number of hydrogen-bond acceptors (Lipinski definition) is 3. The van der Waals surface area contributed by atoms with Crippen LogP contribution >= 0.6 is 0 Å². The molecule has 0 aliphatic carbocycles. The van der Waals surface area contributed by atoms with Crippen molar-refractivity contribution in [3.8, 4) is 5.75 Å². The van der Waals surface area contributed by atoms with Gasteiger partial charge < -0.3 is 9.84 Å². The third kappa shape index (κ3) is 7.96. The highest BCUT2D eigenvalue weighted by atomic mass is 19.1. The number of ether oxygens (including phenoxy) is 1. The Hall–Kier alpha value is -2.60. The molecule has 0 aliphatic rings. The van der Waals surface area contributed by atoms with Crippen LogP contribution in [-0.4, -0.2) is 23.1 Å². The molecule has 28 heavy (non-hydrogen) atoms. The van der Waals surface area contributed by atoms with E-state index in [0.29, 0.717) is 0 Å². The maximum atomic E-state index is 14.2. The number of halogens is 3. The molecule has 0 amide bonds. The topological polar surface area (TPSA) is 46.5 Å². The fraction of sp³-hybridized carbons (Fsp3) is 0.318. The van der Waals surface area contributed by atoms with Gasteiger partial charge in [0.15, 0.2) is 5.78 Å². The average Bonchev–Trinajstić information content (AvgIpc) is 2.63. The highest BCUT2D eigenvalue weighted by molar-refractivity contribution is 6.03. The Morgan fingerprint density at radius 2 is 1.71 bits per heavy atom. The number of allylic oxidation sites excluding steroid dienone is 6. The maximum absolute atomic E-state index is 14.2. The first-order valence-corrected chi connectivity index (χ1v) is 8.71. The predicted molar refractivity (Wildman–Crippen MR) is 107 cm³/mol. The molecule has 0 spiro atoms. The molecular formula is C22H27F3O3. The van der Waals surface area contributed by atoms with Gasteiger partial charge in [0.05, 0.1) is 11.2 Å². The molecule has 0 saturated heterocycles. The Kier molecular flexibility index (Phi) is 10.2. The number of benzene rings is 1. The fourth-order valence-corrected chi connectivity index (χ4v) is 1.84. The van der Waals surface area contributed by atoms with Crippen molar-refractivity contribution < 1.29 is 27.8 Å². The molecule has 1 aromatic rings. The summed E-state index contributed by atoms with van der Waals surface area (Å²) in [6, 6.07) is 1.76. The Morgan fingerprint density at radius 3 is 2.14 bits per heavy atom. The molecule has 0 atom stereocenters. The quantitative estimate of drug-likeness (QED) is 0.452. The van der Waals surface area contributed by atoms with Crippen molar-refractivity contribution in [2.75, 3.05) is 6.61 Å². The SMILES string of the molecule is C=CC(=O)/C(C)=C/C=C(/F)C(=C)c1c(F)cc(OCC(C)(C)O)cc1F.CC. The zero-order chi connectivity index (χ0) is 22.1. The summed E-state index contributed by atoms with van der Waals surface area (Å²) in [5.74, 6) is -3.66. The van der Waals surface area contributed by atoms with Crippen LogP contribution in [0.5, 0.6) is 5.75 Å². The van der Waals surface area contributed by atoms with Gasteiger partial charge in [-0.2, -0.15) is 0 Å². The second-order valence-electron chi connectivity index (χ2n) is 6.27. The van der Waals surface area contributed by atoms with Crippen LogP contribution < -0.4 is 4.74 Å². The van der Waals surface area contributed by atoms with Crippen LogP contribution in [0.3, 0.4) is 0 Å². The first-order valence-electron chi connectivity index (χ1n) is 8.71. The molecule has 0 fully saturated rings. The number of carbonyl (C=O) groups is 1. The fourth-order valence-electron chi connectivity index (χ4n) is 1.84. The molecule has 154 valence electrons. The van der Waals surface area contributed by atoms with Gasteiger partial charge in [0.1, 0.15) is 29.8 Å². The van der Waals surface area contributed by atoms with Crippen LogP contribution in [0.2, 0.25) is 0 Å². The summed E-state index contributed by atoms with van der Waals surface area (Å²) in [5.41, 5.74) is -2.13. The molecule has 0 radical (unpaired) electrons. The summed E-state index contributed by atoms with van der Waals surface area (Å²) >= 11 is 0. The molecule has 0 saturated carbocycles. The monoisotopic (exact) mass is 396 g/mol. The van der Waals surface area contributed by atoms with Crippen molar-refractivity contribution in [3.63, 3.8) is 0 Å². The van der Waals surface area contributed by atoms with E-state index < -0.39 is 40.0 Å². The van der Waals surface area contributed by atoms with Crippen molar-refractivity contribution in [2.45, 2.75) is 40.2 Å². The Balaban J connectivity index is 0.00000352. The first-order chi connectivity index (χ1) is 13.0. The molecule has 0 unspecified atom stereocenters. The van der Waals surface area contributed by atoms with Crippen LogP contribution in [0.1, 0.15) is 40.2 Å². The van der Waals surface area contributed by atoms with Gasteiger partial charge in [-0.15, -0.1) is 0 Å². The van der Waals surface area contributed by atoms with E-state index in [0.717, 1.165) is 24.3 Å². The van der Waals surface area contributed by atoms with E-state index in [1.165, 1.54) is 26.8 Å². The van der Waals surface area contributed by atoms with Gasteiger partial charge in [-0.25, -0.2) is 13.2 Å². The third-order valence-corrected chi connectivity index (χ3v) is 3.25. The molecule has 1 aromatic carbocycles. The number of rotatable bonds is 8. The minimum atomic E-state index is -1.18. The molecule has 1 rings (SSSR count). The second-order valence-corrected chi connectivity index (χ2v) is 6.27. The summed E-state index contributed by atoms with van der Waals surface area (Å²) in [4.78, 5) is 11.3. The molecule has 3 nitrogen and oxygen atoms in total. The number of carbonyl (C=O) groups excluding carboxylic acids is 1. The van der Waals surface area contributed by atoms with Gasteiger partial charge in [0, 0.05) is 17.7 Å². The van der Waals surface area contributed by atoms with Crippen LogP contribution in [0.15, 0.2) is 54.9 Å². The lowest BCUT2D eigenvalue weighted by Gasteiger charge is -2.18. The van der Waals surface area contributed by atoms with Crippen molar-refractivity contribution >= 4 is 11.4 Å². The zero-order valence-electron chi connectivity index (χ0n) is 16.9. The maximum Gasteiger partial charge on any atom is 0.180 e. The normalized spacial score (nSPS) is 12.0. The molecular weight excluding hydrogens is 369 g/mol. The Labute approximate surface area is 164 Å². The van der Waals surface area contributed by atoms with E-state index in [4.69, 9.17) is 4.74 Å². The number of ketones is 1. The lowest BCUT2D eigenvalue weighted by Crippen LogP contribution is -2.27. The van der Waals surface area contributed by atoms with Gasteiger partial charge in [0.2, 0.25) is 0 Å². The molecule has 0 heterocycles. The van der Waals surface area contributed by atoms with Crippen LogP contribution in [-0.2, 0) is 4.79 Å². The molecule has 0 bridgehead atoms. The number of aliphatic hydroxyl groups is 1. The lowest BCUT2D eigenvalue weighted by molar-refractivity contribution is -0.111. The van der Waals surface area contributed by atoms with E-state index in [1.54, 1.807) is 0 Å². The van der Waals surface area contributed by atoms with Crippen molar-refractivity contribution in [2.24, 2.45) is 0 Å². The average molecular weight is 396 g/mol. The molecule has 1 N–H and O–H groups in total. The van der Waals surface area contributed by atoms with Crippen LogP contribution in [0.25, 0.3) is 5.57 Å². The van der Waals surface area contributed by atoms with E-state index in [2.05, 4.69) is 13.2 Å². The smallest absolute Gasteiger partial charge is 0.180 e. The summed E-state index contributed by atoms with van der Waals surface area (Å²) < 4.78 is 47.7. The van der Waals surface area contributed by atoms with Crippen molar-refractivity contribution in [3.05, 3.63) is 72.1 Å². The molecule has 6 heteroatoms. The lowest BCUT2D eigenvalue weighted by atomic mass is 10.0. The van der Waals surface area contributed by atoms with Crippen LogP contribution in [0, 0.1) is 11.6 Å². The van der Waals surface area contributed by atoms with E-state index in [9.17, 15) is 23.1 Å².